The summed E-state index contributed by atoms with van der Waals surface area (Å²) in [6, 6.07) is 5.81. The zero-order chi connectivity index (χ0) is 18.7. The largest absolute Gasteiger partial charge is 0.305 e. The van der Waals surface area contributed by atoms with Crippen LogP contribution < -0.4 is 5.32 Å². The molecule has 2 atom stereocenters. The van der Waals surface area contributed by atoms with Crippen LogP contribution in [0.5, 0.6) is 0 Å². The number of nitrogens with one attached hydrogen (secondary N) is 1. The predicted octanol–water partition coefficient (Wildman–Crippen LogP) is 3.60. The summed E-state index contributed by atoms with van der Waals surface area (Å²) >= 11 is 0. The van der Waals surface area contributed by atoms with Crippen LogP contribution in [-0.2, 0) is 6.42 Å². The molecule has 0 radical (unpaired) electrons. The van der Waals surface area contributed by atoms with Gasteiger partial charge in [-0.25, -0.2) is 22.8 Å². The fourth-order valence-electron chi connectivity index (χ4n) is 3.76. The first-order chi connectivity index (χ1) is 13.0. The number of pyridine rings is 1. The van der Waals surface area contributed by atoms with Gasteiger partial charge in [0.05, 0.1) is 11.9 Å². The van der Waals surface area contributed by atoms with E-state index in [0.717, 1.165) is 36.0 Å². The van der Waals surface area contributed by atoms with Gasteiger partial charge in [-0.2, -0.15) is 5.10 Å². The molecule has 27 heavy (non-hydrogen) atoms. The number of rotatable bonds is 3. The lowest BCUT2D eigenvalue weighted by molar-refractivity contribution is 0.102. The van der Waals surface area contributed by atoms with E-state index in [1.807, 2.05) is 0 Å². The van der Waals surface area contributed by atoms with Crippen molar-refractivity contribution in [1.29, 1.82) is 0 Å². The molecule has 1 saturated carbocycles. The van der Waals surface area contributed by atoms with E-state index in [2.05, 4.69) is 15.4 Å². The minimum atomic E-state index is -0.739. The van der Waals surface area contributed by atoms with Gasteiger partial charge in [0.1, 0.15) is 23.1 Å². The third-order valence-corrected chi connectivity index (χ3v) is 5.09. The van der Waals surface area contributed by atoms with Gasteiger partial charge in [-0.15, -0.1) is 0 Å². The van der Waals surface area contributed by atoms with E-state index in [-0.39, 0.29) is 23.1 Å². The molecule has 2 aliphatic carbocycles. The molecule has 0 unspecified atom stereocenters. The highest BCUT2D eigenvalue weighted by Gasteiger charge is 2.50. The van der Waals surface area contributed by atoms with E-state index in [4.69, 9.17) is 0 Å². The lowest BCUT2D eigenvalue weighted by Gasteiger charge is -2.07. The van der Waals surface area contributed by atoms with Crippen molar-refractivity contribution in [1.82, 2.24) is 14.8 Å². The number of halogens is 3. The number of hydrogen-bond acceptors (Lipinski definition) is 3. The maximum absolute atomic E-state index is 14.3. The molecule has 8 heteroatoms. The van der Waals surface area contributed by atoms with Gasteiger partial charge in [0.15, 0.2) is 11.5 Å². The van der Waals surface area contributed by atoms with Crippen molar-refractivity contribution in [2.45, 2.75) is 18.8 Å². The van der Waals surface area contributed by atoms with Crippen molar-refractivity contribution in [2.75, 3.05) is 5.32 Å². The smallest absolute Gasteiger partial charge is 0.277 e. The van der Waals surface area contributed by atoms with Gasteiger partial charge >= 0.3 is 0 Å². The number of aromatic nitrogens is 3. The molecule has 1 fully saturated rings. The van der Waals surface area contributed by atoms with Crippen LogP contribution in [0.4, 0.5) is 19.0 Å². The Morgan fingerprint density at radius 1 is 1.15 bits per heavy atom. The van der Waals surface area contributed by atoms with Crippen molar-refractivity contribution in [2.24, 2.45) is 5.92 Å². The first-order valence-electron chi connectivity index (χ1n) is 8.51. The highest BCUT2D eigenvalue weighted by Crippen LogP contribution is 2.57. The lowest BCUT2D eigenvalue weighted by Crippen LogP contribution is -2.16. The van der Waals surface area contributed by atoms with Crippen LogP contribution >= 0.6 is 0 Å². The standard InChI is InChI=1S/C19H13F3N4O/c20-10-1-3-15(14(22)7-10)26-18-12-5-9(12)6-13(18)17(25-26)19(27)24-16-4-2-11(21)8-23-16/h1-4,7-9,12H,5-6H2,(H,23,24,27)/t9-,12-/m0/s1. The average molecular weight is 370 g/mol. The molecule has 2 aliphatic rings. The average Bonchev–Trinajstić information content (AvgIpc) is 3.14. The van der Waals surface area contributed by atoms with E-state index < -0.39 is 23.4 Å². The molecular formula is C19H13F3N4O. The Morgan fingerprint density at radius 3 is 2.70 bits per heavy atom. The minimum absolute atomic E-state index is 0.110. The van der Waals surface area contributed by atoms with Gasteiger partial charge in [0, 0.05) is 17.5 Å². The summed E-state index contributed by atoms with van der Waals surface area (Å²) < 4.78 is 41.9. The van der Waals surface area contributed by atoms with Crippen molar-refractivity contribution >= 4 is 11.7 Å². The normalized spacial score (nSPS) is 19.5. The molecule has 3 aromatic rings. The van der Waals surface area contributed by atoms with E-state index in [0.29, 0.717) is 12.3 Å². The highest BCUT2D eigenvalue weighted by atomic mass is 19.1. The number of fused-ring (bicyclic) bond motifs is 3. The van der Waals surface area contributed by atoms with Gasteiger partial charge in [-0.1, -0.05) is 0 Å². The molecule has 136 valence electrons. The third-order valence-electron chi connectivity index (χ3n) is 5.09. The first kappa shape index (κ1) is 16.0. The number of carbonyl (C=O) groups is 1. The first-order valence-corrected chi connectivity index (χ1v) is 8.51. The van der Waals surface area contributed by atoms with Gasteiger partial charge < -0.3 is 5.32 Å². The fourth-order valence-corrected chi connectivity index (χ4v) is 3.76. The number of hydrogen-bond donors (Lipinski definition) is 1. The van der Waals surface area contributed by atoms with Crippen LogP contribution in [0.15, 0.2) is 36.5 Å². The summed E-state index contributed by atoms with van der Waals surface area (Å²) in [4.78, 5) is 16.5. The predicted molar refractivity (Wildman–Crippen MR) is 90.2 cm³/mol. The molecule has 0 bridgehead atoms. The van der Waals surface area contributed by atoms with Gasteiger partial charge in [-0.05, 0) is 43.0 Å². The van der Waals surface area contributed by atoms with Crippen LogP contribution in [0.2, 0.25) is 0 Å². The summed E-state index contributed by atoms with van der Waals surface area (Å²) in [5.41, 5.74) is 1.88. The fraction of sp³-hybridized carbons (Fsp3) is 0.211. The SMILES string of the molecule is O=C(Nc1ccc(F)cn1)c1nn(-c2ccc(F)cc2F)c2c1C[C@@H]1C[C@H]21. The van der Waals surface area contributed by atoms with Crippen LogP contribution in [0, 0.1) is 23.4 Å². The van der Waals surface area contributed by atoms with Crippen LogP contribution in [0.1, 0.15) is 34.1 Å². The van der Waals surface area contributed by atoms with Gasteiger partial charge in [0.2, 0.25) is 0 Å². The Balaban J connectivity index is 1.55. The molecule has 5 rings (SSSR count). The number of carbonyl (C=O) groups excluding carboxylic acids is 1. The molecule has 2 heterocycles. The molecule has 1 amide bonds. The maximum Gasteiger partial charge on any atom is 0.277 e. The molecule has 1 N–H and O–H groups in total. The lowest BCUT2D eigenvalue weighted by atomic mass is 10.1. The summed E-state index contributed by atoms with van der Waals surface area (Å²) in [5, 5.41) is 6.91. The molecule has 0 saturated heterocycles. The number of anilines is 1. The van der Waals surface area contributed by atoms with E-state index in [9.17, 15) is 18.0 Å². The number of benzene rings is 1. The van der Waals surface area contributed by atoms with Gasteiger partial charge in [-0.3, -0.25) is 4.79 Å². The second-order valence-corrected chi connectivity index (χ2v) is 6.84. The highest BCUT2D eigenvalue weighted by molar-refractivity contribution is 6.03. The van der Waals surface area contributed by atoms with E-state index in [1.165, 1.54) is 22.9 Å². The summed E-state index contributed by atoms with van der Waals surface area (Å²) in [5.74, 6) is -1.55. The zero-order valence-corrected chi connectivity index (χ0v) is 13.9. The quantitative estimate of drug-likeness (QED) is 0.766. The molecule has 5 nitrogen and oxygen atoms in total. The van der Waals surface area contributed by atoms with Crippen molar-refractivity contribution in [3.63, 3.8) is 0 Å². The zero-order valence-electron chi connectivity index (χ0n) is 13.9. The monoisotopic (exact) mass is 370 g/mol. The Bertz CT molecular complexity index is 1080. The molecular weight excluding hydrogens is 357 g/mol. The van der Waals surface area contributed by atoms with Crippen LogP contribution in [-0.4, -0.2) is 20.7 Å². The summed E-state index contributed by atoms with van der Waals surface area (Å²) in [6.45, 7) is 0. The molecule has 0 spiro atoms. The second-order valence-electron chi connectivity index (χ2n) is 6.84. The van der Waals surface area contributed by atoms with Crippen molar-refractivity contribution in [3.05, 3.63) is 70.9 Å². The summed E-state index contributed by atoms with van der Waals surface area (Å²) in [6.07, 6.45) is 2.67. The molecule has 1 aromatic carbocycles. The second kappa shape index (κ2) is 5.67. The topological polar surface area (TPSA) is 59.8 Å². The number of amides is 1. The Labute approximate surface area is 151 Å². The minimum Gasteiger partial charge on any atom is -0.305 e. The molecule has 2 aromatic heterocycles. The van der Waals surface area contributed by atoms with E-state index in [1.54, 1.807) is 0 Å². The maximum atomic E-state index is 14.3. The third kappa shape index (κ3) is 2.59. The Morgan fingerprint density at radius 2 is 1.96 bits per heavy atom. The van der Waals surface area contributed by atoms with Gasteiger partial charge in [0.25, 0.3) is 5.91 Å². The Kier molecular flexibility index (Phi) is 3.37. The van der Waals surface area contributed by atoms with Crippen molar-refractivity contribution < 1.29 is 18.0 Å². The van der Waals surface area contributed by atoms with Crippen molar-refractivity contribution in [3.8, 4) is 5.69 Å². The van der Waals surface area contributed by atoms with Crippen LogP contribution in [0.25, 0.3) is 5.69 Å². The Hall–Kier alpha value is -3.16. The summed E-state index contributed by atoms with van der Waals surface area (Å²) in [7, 11) is 0. The number of nitrogens with zero attached hydrogens (tertiary/aromatic N) is 3. The van der Waals surface area contributed by atoms with E-state index >= 15 is 0 Å². The van der Waals surface area contributed by atoms with Crippen LogP contribution in [0.3, 0.4) is 0 Å². The molecule has 0 aliphatic heterocycles.